The van der Waals surface area contributed by atoms with E-state index < -0.39 is 15.8 Å². The number of amidine groups is 2. The fraction of sp³-hybridized carbons (Fsp3) is 0.188. The zero-order chi connectivity index (χ0) is 19.6. The Labute approximate surface area is 159 Å². The molecule has 11 heteroatoms. The number of nitrogens with zero attached hydrogens (tertiary/aromatic N) is 2. The van der Waals surface area contributed by atoms with Gasteiger partial charge < -0.3 is 25.5 Å². The molecule has 2 atom stereocenters. The first-order valence-corrected chi connectivity index (χ1v) is 11.2. The topological polar surface area (TPSA) is 128 Å². The molecular formula is C16H20N5O4PS. The molecular weight excluding hydrogens is 389 g/mol. The van der Waals surface area contributed by atoms with Crippen molar-refractivity contribution in [1.82, 2.24) is 10.6 Å². The van der Waals surface area contributed by atoms with E-state index in [9.17, 15) is 14.1 Å². The molecule has 9 nitrogen and oxygen atoms in total. The number of rotatable bonds is 4. The average molecular weight is 409 g/mol. The molecule has 1 aliphatic heterocycles. The maximum atomic E-state index is 12.4. The molecule has 2 aromatic rings. The van der Waals surface area contributed by atoms with Crippen LogP contribution in [0.15, 0.2) is 49.8 Å². The summed E-state index contributed by atoms with van der Waals surface area (Å²) in [5.41, 5.74) is 0.340. The van der Waals surface area contributed by atoms with E-state index in [-0.39, 0.29) is 34.7 Å². The van der Waals surface area contributed by atoms with Crippen molar-refractivity contribution < 1.29 is 18.5 Å². The fourth-order valence-electron chi connectivity index (χ4n) is 2.49. The molecule has 144 valence electrons. The molecule has 2 heterocycles. The maximum Gasteiger partial charge on any atom is 0.254 e. The molecule has 4 N–H and O–H groups in total. The molecule has 0 bridgehead atoms. The molecule has 0 spiro atoms. The second kappa shape index (κ2) is 7.50. The maximum absolute atomic E-state index is 12.4. The van der Waals surface area contributed by atoms with E-state index in [1.165, 1.54) is 13.1 Å². The number of thiol groups is 1. The Bertz CT molecular complexity index is 973. The van der Waals surface area contributed by atoms with Crippen LogP contribution in [0.1, 0.15) is 29.1 Å². The van der Waals surface area contributed by atoms with Crippen molar-refractivity contribution in [2.45, 2.75) is 13.0 Å². The van der Waals surface area contributed by atoms with Crippen LogP contribution in [0.3, 0.4) is 0 Å². The number of furan rings is 1. The van der Waals surface area contributed by atoms with Crippen molar-refractivity contribution in [2.24, 2.45) is 8.80 Å². The first-order chi connectivity index (χ1) is 12.8. The lowest BCUT2D eigenvalue weighted by Crippen LogP contribution is -2.35. The van der Waals surface area contributed by atoms with Gasteiger partial charge in [0.2, 0.25) is 0 Å². The van der Waals surface area contributed by atoms with E-state index in [1.807, 2.05) is 6.92 Å². The minimum atomic E-state index is -3.20. The van der Waals surface area contributed by atoms with E-state index in [0.717, 1.165) is 0 Å². The molecule has 1 amide bonds. The highest BCUT2D eigenvalue weighted by atomic mass is 32.8. The van der Waals surface area contributed by atoms with Crippen LogP contribution in [-0.4, -0.2) is 33.9 Å². The summed E-state index contributed by atoms with van der Waals surface area (Å²) in [6.45, 7) is 1.86. The third-order valence-electron chi connectivity index (χ3n) is 3.79. The number of amides is 1. The molecule has 1 unspecified atom stereocenters. The highest BCUT2D eigenvalue weighted by Gasteiger charge is 2.26. The largest absolute Gasteiger partial charge is 0.505 e. The summed E-state index contributed by atoms with van der Waals surface area (Å²) in [7, 11) is 0.395. The highest BCUT2D eigenvalue weighted by Crippen LogP contribution is 2.30. The summed E-state index contributed by atoms with van der Waals surface area (Å²) in [4.78, 5) is 11.8. The van der Waals surface area contributed by atoms with Crippen molar-refractivity contribution in [3.05, 3.63) is 47.9 Å². The predicted molar refractivity (Wildman–Crippen MR) is 109 cm³/mol. The van der Waals surface area contributed by atoms with E-state index >= 15 is 0 Å². The first kappa shape index (κ1) is 19.1. The molecule has 0 radical (unpaired) electrons. The Morgan fingerprint density at radius 3 is 2.67 bits per heavy atom. The average Bonchev–Trinajstić information content (AvgIpc) is 3.24. The molecule has 0 saturated carbocycles. The molecule has 3 rings (SSSR count). The zero-order valence-corrected chi connectivity index (χ0v) is 16.7. The second-order valence-electron chi connectivity index (χ2n) is 5.77. The van der Waals surface area contributed by atoms with Crippen LogP contribution in [0.4, 0.5) is 5.69 Å². The molecule has 0 saturated heterocycles. The second-order valence-corrected chi connectivity index (χ2v) is 9.37. The van der Waals surface area contributed by atoms with Crippen LogP contribution in [-0.2, 0) is 9.92 Å². The quantitative estimate of drug-likeness (QED) is 0.296. The van der Waals surface area contributed by atoms with Crippen molar-refractivity contribution >= 4 is 41.6 Å². The third-order valence-corrected chi connectivity index (χ3v) is 5.46. The van der Waals surface area contributed by atoms with Crippen molar-refractivity contribution in [3.8, 4) is 5.75 Å². The van der Waals surface area contributed by atoms with E-state index in [4.69, 9.17) is 4.42 Å². The number of anilines is 1. The lowest BCUT2D eigenvalue weighted by molar-refractivity contribution is 0.0960. The molecule has 1 aliphatic rings. The zero-order valence-electron chi connectivity index (χ0n) is 14.6. The highest BCUT2D eigenvalue weighted by molar-refractivity contribution is 8.44. The standard InChI is InChI=1S/C16H20N5O4PS/c1-9(12-7-4-8-25-12)18-14-15(21-27(24,26)20-14)19-11-6-3-5-10(13(11)22)16(23)17-2/h3-9,22,27H,26H2,1-2H3,(H,17,23)(H2,18,19,20,21,24)/t9-/m1/s1. The summed E-state index contributed by atoms with van der Waals surface area (Å²) in [6.07, 6.45) is 1.56. The lowest BCUT2D eigenvalue weighted by atomic mass is 10.1. The number of aromatic hydroxyl groups is 1. The van der Waals surface area contributed by atoms with Gasteiger partial charge in [0, 0.05) is 7.05 Å². The van der Waals surface area contributed by atoms with Gasteiger partial charge in [0.15, 0.2) is 17.4 Å². The smallest absolute Gasteiger partial charge is 0.254 e. The lowest BCUT2D eigenvalue weighted by Gasteiger charge is -2.15. The van der Waals surface area contributed by atoms with Gasteiger partial charge >= 0.3 is 0 Å². The summed E-state index contributed by atoms with van der Waals surface area (Å²) in [6, 6.07) is 7.99. The van der Waals surface area contributed by atoms with Crippen molar-refractivity contribution in [1.29, 1.82) is 0 Å². The Kier molecular flexibility index (Phi) is 5.29. The Balaban J connectivity index is 1.86. The van der Waals surface area contributed by atoms with Crippen LogP contribution < -0.4 is 16.0 Å². The Hall–Kier alpha value is -2.71. The predicted octanol–water partition coefficient (Wildman–Crippen LogP) is 1.55. The number of para-hydroxylation sites is 1. The van der Waals surface area contributed by atoms with Crippen LogP contribution in [0, 0.1) is 0 Å². The molecule has 1 aromatic heterocycles. The minimum absolute atomic E-state index is 0.102. The van der Waals surface area contributed by atoms with Crippen LogP contribution in [0.5, 0.6) is 5.75 Å². The molecule has 0 aliphatic carbocycles. The Morgan fingerprint density at radius 1 is 1.26 bits per heavy atom. The summed E-state index contributed by atoms with van der Waals surface area (Å²) in [5, 5.41) is 18.8. The van der Waals surface area contributed by atoms with Gasteiger partial charge in [-0.15, -0.1) is 0 Å². The van der Waals surface area contributed by atoms with Gasteiger partial charge in [-0.05, 0) is 39.6 Å². The third kappa shape index (κ3) is 4.17. The molecule has 1 aromatic carbocycles. The summed E-state index contributed by atoms with van der Waals surface area (Å²) < 4.78 is 25.9. The number of phenols is 1. The van der Waals surface area contributed by atoms with Crippen LogP contribution in [0.2, 0.25) is 0 Å². The number of nitrogens with one attached hydrogen (secondary N) is 3. The summed E-state index contributed by atoms with van der Waals surface area (Å²) in [5.74, 6) is 0.452. The summed E-state index contributed by atoms with van der Waals surface area (Å²) >= 11 is 0. The number of hydrogen-bond acceptors (Lipinski definition) is 6. The Morgan fingerprint density at radius 2 is 2.00 bits per heavy atom. The van der Waals surface area contributed by atoms with Gasteiger partial charge in [-0.25, -0.2) is 4.21 Å². The number of carbonyl (C=O) groups is 1. The van der Waals surface area contributed by atoms with Gasteiger partial charge in [-0.2, -0.15) is 8.80 Å². The van der Waals surface area contributed by atoms with Gasteiger partial charge in [-0.1, -0.05) is 6.07 Å². The molecule has 27 heavy (non-hydrogen) atoms. The van der Waals surface area contributed by atoms with Crippen LogP contribution in [0.25, 0.3) is 0 Å². The van der Waals surface area contributed by atoms with E-state index in [0.29, 0.717) is 5.76 Å². The minimum Gasteiger partial charge on any atom is -0.505 e. The SMILES string of the molecule is CNC(=O)c1cccc(NC2=N[SH](=O)(P)N=C2N[C@H](C)c2ccco2)c1O. The fourth-order valence-corrected chi connectivity index (χ4v) is 4.10. The van der Waals surface area contributed by atoms with Crippen molar-refractivity contribution in [2.75, 3.05) is 12.4 Å². The van der Waals surface area contributed by atoms with Crippen LogP contribution >= 0.6 is 8.44 Å². The van der Waals surface area contributed by atoms with Gasteiger partial charge in [-0.3, -0.25) is 4.79 Å². The number of carbonyl (C=O) groups excluding carboxylic acids is 1. The first-order valence-electron chi connectivity index (χ1n) is 8.01. The number of hydrogen-bond donors (Lipinski definition) is 5. The van der Waals surface area contributed by atoms with Gasteiger partial charge in [0.1, 0.15) is 5.76 Å². The normalized spacial score (nSPS) is 17.4. The molecule has 0 fully saturated rings. The van der Waals surface area contributed by atoms with E-state index in [2.05, 4.69) is 33.2 Å². The van der Waals surface area contributed by atoms with E-state index in [1.54, 1.807) is 30.5 Å². The number of phenolic OH excluding ortho intramolecular Hbond substituents is 1. The van der Waals surface area contributed by atoms with Gasteiger partial charge in [0.25, 0.3) is 5.91 Å². The monoisotopic (exact) mass is 409 g/mol. The van der Waals surface area contributed by atoms with Gasteiger partial charge in [0.05, 0.1) is 33.5 Å². The number of benzene rings is 1. The van der Waals surface area contributed by atoms with Crippen molar-refractivity contribution in [3.63, 3.8) is 0 Å².